The first-order chi connectivity index (χ1) is 12.9. The average molecular weight is 372 g/mol. The number of hydrogen-bond donors (Lipinski definition) is 0. The van der Waals surface area contributed by atoms with Crippen LogP contribution in [0.1, 0.15) is 58.8 Å². The predicted octanol–water partition coefficient (Wildman–Crippen LogP) is 4.20. The lowest BCUT2D eigenvalue weighted by molar-refractivity contribution is -0.130. The number of aliphatic imine (C=N–C) groups is 1. The number of carbonyl (C=O) groups excluding carboxylic acids is 2. The van der Waals surface area contributed by atoms with E-state index in [1.165, 1.54) is 0 Å². The normalized spacial score (nSPS) is 28.9. The molecular formula is C22H33N3O2. The zero-order valence-electron chi connectivity index (χ0n) is 17.0. The minimum atomic E-state index is -0.115. The fourth-order valence-corrected chi connectivity index (χ4v) is 4.63. The molecule has 0 aromatic heterocycles. The first-order valence-electron chi connectivity index (χ1n) is 10.3. The zero-order chi connectivity index (χ0) is 19.4. The van der Waals surface area contributed by atoms with E-state index in [2.05, 4.69) is 36.2 Å². The highest BCUT2D eigenvalue weighted by Gasteiger charge is 2.36. The molecule has 1 heterocycles. The van der Waals surface area contributed by atoms with Gasteiger partial charge in [-0.15, -0.1) is 0 Å². The highest BCUT2D eigenvalue weighted by molar-refractivity contribution is 5.95. The Balaban J connectivity index is 1.52. The summed E-state index contributed by atoms with van der Waals surface area (Å²) in [7, 11) is 1.85. The van der Waals surface area contributed by atoms with Gasteiger partial charge in [-0.2, -0.15) is 0 Å². The lowest BCUT2D eigenvalue weighted by atomic mass is 9.65. The summed E-state index contributed by atoms with van der Waals surface area (Å²) in [6.07, 6.45) is 15.7. The largest absolute Gasteiger partial charge is 0.343 e. The van der Waals surface area contributed by atoms with Crippen LogP contribution in [-0.2, 0) is 4.79 Å². The second-order valence-electron chi connectivity index (χ2n) is 8.62. The molecule has 5 nitrogen and oxygen atoms in total. The number of rotatable bonds is 2. The molecule has 2 fully saturated rings. The van der Waals surface area contributed by atoms with Crippen LogP contribution in [0, 0.1) is 11.3 Å². The number of nitrogens with zero attached hydrogens (tertiary/aromatic N) is 3. The lowest BCUT2D eigenvalue weighted by Gasteiger charge is -2.40. The van der Waals surface area contributed by atoms with Crippen molar-refractivity contribution in [2.45, 2.75) is 64.8 Å². The summed E-state index contributed by atoms with van der Waals surface area (Å²) in [4.78, 5) is 32.2. The molecule has 0 bridgehead atoms. The van der Waals surface area contributed by atoms with E-state index in [0.29, 0.717) is 11.3 Å². The Kier molecular flexibility index (Phi) is 6.18. The average Bonchev–Trinajstić information content (AvgIpc) is 2.70. The van der Waals surface area contributed by atoms with Gasteiger partial charge in [0.15, 0.2) is 0 Å². The van der Waals surface area contributed by atoms with Gasteiger partial charge in [0.25, 0.3) is 0 Å². The number of urea groups is 1. The molecular weight excluding hydrogens is 338 g/mol. The van der Waals surface area contributed by atoms with E-state index in [4.69, 9.17) is 0 Å². The van der Waals surface area contributed by atoms with Crippen LogP contribution < -0.4 is 0 Å². The summed E-state index contributed by atoms with van der Waals surface area (Å²) in [6.45, 7) is 5.46. The second-order valence-corrected chi connectivity index (χ2v) is 8.62. The lowest BCUT2D eigenvalue weighted by Crippen LogP contribution is -2.46. The second kappa shape index (κ2) is 8.41. The maximum Gasteiger partial charge on any atom is 0.343 e. The molecule has 27 heavy (non-hydrogen) atoms. The molecule has 2 aliphatic carbocycles. The molecule has 3 amide bonds. The SMILES string of the molecule is CC(=O)N1CCC(N(C)C(=O)N=C2CCC(C)(C3C=CC=CC3)CC2)CC1. The molecule has 1 aliphatic heterocycles. The molecule has 1 unspecified atom stereocenters. The van der Waals surface area contributed by atoms with E-state index >= 15 is 0 Å². The fourth-order valence-electron chi connectivity index (χ4n) is 4.63. The predicted molar refractivity (Wildman–Crippen MR) is 109 cm³/mol. The molecule has 148 valence electrons. The summed E-state index contributed by atoms with van der Waals surface area (Å²) >= 11 is 0. The molecule has 3 aliphatic rings. The molecule has 5 heteroatoms. The van der Waals surface area contributed by atoms with Crippen LogP contribution >= 0.6 is 0 Å². The van der Waals surface area contributed by atoms with Gasteiger partial charge in [-0.1, -0.05) is 31.2 Å². The van der Waals surface area contributed by atoms with Crippen LogP contribution in [0.15, 0.2) is 29.3 Å². The third-order valence-electron chi connectivity index (χ3n) is 6.86. The van der Waals surface area contributed by atoms with Crippen LogP contribution in [0.5, 0.6) is 0 Å². The van der Waals surface area contributed by atoms with Crippen molar-refractivity contribution in [1.82, 2.24) is 9.80 Å². The number of likely N-dealkylation sites (tertiary alicyclic amines) is 1. The van der Waals surface area contributed by atoms with Crippen molar-refractivity contribution >= 4 is 17.6 Å². The Bertz CT molecular complexity index is 646. The van der Waals surface area contributed by atoms with Gasteiger partial charge < -0.3 is 9.80 Å². The first-order valence-corrected chi connectivity index (χ1v) is 10.3. The third-order valence-corrected chi connectivity index (χ3v) is 6.86. The first kappa shape index (κ1) is 19.8. The topological polar surface area (TPSA) is 53.0 Å². The van der Waals surface area contributed by atoms with Crippen molar-refractivity contribution in [3.63, 3.8) is 0 Å². The number of carbonyl (C=O) groups is 2. The number of piperidine rings is 1. The summed E-state index contributed by atoms with van der Waals surface area (Å²) in [5.41, 5.74) is 1.37. The van der Waals surface area contributed by atoms with Crippen molar-refractivity contribution in [2.75, 3.05) is 20.1 Å². The van der Waals surface area contributed by atoms with Crippen molar-refractivity contribution in [2.24, 2.45) is 16.3 Å². The van der Waals surface area contributed by atoms with Crippen molar-refractivity contribution < 1.29 is 9.59 Å². The molecule has 0 spiro atoms. The van der Waals surface area contributed by atoms with Gasteiger partial charge in [-0.25, -0.2) is 9.79 Å². The molecule has 1 atom stereocenters. The zero-order valence-corrected chi connectivity index (χ0v) is 17.0. The minimum absolute atomic E-state index is 0.115. The molecule has 3 rings (SSSR count). The van der Waals surface area contributed by atoms with Crippen molar-refractivity contribution in [1.29, 1.82) is 0 Å². The molecule has 0 radical (unpaired) electrons. The van der Waals surface area contributed by atoms with Gasteiger partial charge in [0, 0.05) is 38.8 Å². The van der Waals surface area contributed by atoms with Gasteiger partial charge in [-0.05, 0) is 56.3 Å². The van der Waals surface area contributed by atoms with Gasteiger partial charge in [0.2, 0.25) is 5.91 Å². The standard InChI is InChI=1S/C22H33N3O2/c1-17(26)25-15-11-20(12-16-25)24(3)21(27)23-19-9-13-22(2,14-10-19)18-7-5-4-6-8-18/h4-7,18,20H,8-16H2,1-3H3. The van der Waals surface area contributed by atoms with Crippen molar-refractivity contribution in [3.05, 3.63) is 24.3 Å². The van der Waals surface area contributed by atoms with Gasteiger partial charge in [0.05, 0.1) is 0 Å². The number of hydrogen-bond acceptors (Lipinski definition) is 2. The van der Waals surface area contributed by atoms with Gasteiger partial charge >= 0.3 is 6.03 Å². The summed E-state index contributed by atoms with van der Waals surface area (Å²) in [5.74, 6) is 0.727. The summed E-state index contributed by atoms with van der Waals surface area (Å²) < 4.78 is 0. The van der Waals surface area contributed by atoms with Gasteiger partial charge in [0.1, 0.15) is 0 Å². The monoisotopic (exact) mass is 371 g/mol. The molecule has 0 aromatic carbocycles. The van der Waals surface area contributed by atoms with E-state index in [9.17, 15) is 9.59 Å². The van der Waals surface area contributed by atoms with Crippen LogP contribution in [-0.4, -0.2) is 53.6 Å². The van der Waals surface area contributed by atoms with Crippen LogP contribution in [0.25, 0.3) is 0 Å². The highest BCUT2D eigenvalue weighted by Crippen LogP contribution is 2.44. The minimum Gasteiger partial charge on any atom is -0.343 e. The number of amides is 3. The highest BCUT2D eigenvalue weighted by atomic mass is 16.2. The summed E-state index contributed by atoms with van der Waals surface area (Å²) in [5, 5.41) is 0. The van der Waals surface area contributed by atoms with Crippen molar-refractivity contribution in [3.8, 4) is 0 Å². The van der Waals surface area contributed by atoms with Gasteiger partial charge in [-0.3, -0.25) is 4.79 Å². The Hall–Kier alpha value is -1.91. The Morgan fingerprint density at radius 2 is 1.85 bits per heavy atom. The van der Waals surface area contributed by atoms with E-state index in [1.807, 2.05) is 11.9 Å². The van der Waals surface area contributed by atoms with E-state index in [0.717, 1.165) is 63.7 Å². The molecule has 0 N–H and O–H groups in total. The maximum atomic E-state index is 12.6. The molecule has 1 saturated heterocycles. The van der Waals surface area contributed by atoms with E-state index in [1.54, 1.807) is 11.8 Å². The fraction of sp³-hybridized carbons (Fsp3) is 0.682. The third kappa shape index (κ3) is 4.69. The van der Waals surface area contributed by atoms with Crippen LogP contribution in [0.2, 0.25) is 0 Å². The van der Waals surface area contributed by atoms with E-state index in [-0.39, 0.29) is 18.0 Å². The maximum absolute atomic E-state index is 12.6. The smallest absolute Gasteiger partial charge is 0.343 e. The molecule has 1 saturated carbocycles. The van der Waals surface area contributed by atoms with Crippen LogP contribution in [0.4, 0.5) is 4.79 Å². The Morgan fingerprint density at radius 3 is 2.41 bits per heavy atom. The van der Waals surface area contributed by atoms with E-state index < -0.39 is 0 Å². The number of allylic oxidation sites excluding steroid dienone is 4. The van der Waals surface area contributed by atoms with Crippen LogP contribution in [0.3, 0.4) is 0 Å². The summed E-state index contributed by atoms with van der Waals surface area (Å²) in [6, 6.07) is 0.0702. The Morgan fingerprint density at radius 1 is 1.19 bits per heavy atom. The Labute approximate surface area is 163 Å². The quantitative estimate of drug-likeness (QED) is 0.730. The molecule has 0 aromatic rings.